The lowest BCUT2D eigenvalue weighted by atomic mass is 9.98. The van der Waals surface area contributed by atoms with E-state index in [-0.39, 0.29) is 18.1 Å². The zero-order valence-corrected chi connectivity index (χ0v) is 13.1. The fourth-order valence-electron chi connectivity index (χ4n) is 2.85. The van der Waals surface area contributed by atoms with Crippen molar-refractivity contribution in [2.24, 2.45) is 0 Å². The van der Waals surface area contributed by atoms with Crippen LogP contribution in [0.15, 0.2) is 18.2 Å². The molecular formula is C18H23NO2. The van der Waals surface area contributed by atoms with Gasteiger partial charge in [0.1, 0.15) is 0 Å². The number of benzene rings is 1. The van der Waals surface area contributed by atoms with Crippen LogP contribution in [-0.4, -0.2) is 34.6 Å². The number of carbonyl (C=O) groups is 1. The minimum atomic E-state index is -0.0674. The highest BCUT2D eigenvalue weighted by atomic mass is 16.2. The Labute approximate surface area is 127 Å². The summed E-state index contributed by atoms with van der Waals surface area (Å²) in [5.74, 6) is 6.06. The van der Waals surface area contributed by atoms with Gasteiger partial charge in [-0.05, 0) is 51.3 Å². The number of aliphatic hydroxyl groups excluding tert-OH is 1. The van der Waals surface area contributed by atoms with Crippen LogP contribution in [0.25, 0.3) is 0 Å². The van der Waals surface area contributed by atoms with Gasteiger partial charge in [-0.15, -0.1) is 0 Å². The Balaban J connectivity index is 2.31. The summed E-state index contributed by atoms with van der Waals surface area (Å²) in [5, 5.41) is 8.79. The first-order valence-corrected chi connectivity index (χ1v) is 7.48. The Morgan fingerprint density at radius 1 is 1.43 bits per heavy atom. The van der Waals surface area contributed by atoms with E-state index in [9.17, 15) is 4.79 Å². The summed E-state index contributed by atoms with van der Waals surface area (Å²) in [6.45, 7) is 7.08. The maximum absolute atomic E-state index is 12.8. The zero-order valence-electron chi connectivity index (χ0n) is 13.1. The van der Waals surface area contributed by atoms with E-state index in [1.165, 1.54) is 0 Å². The molecule has 1 aliphatic rings. The Morgan fingerprint density at radius 2 is 2.19 bits per heavy atom. The zero-order chi connectivity index (χ0) is 15.5. The SMILES string of the molecule is Cc1c(C#CCCO)cccc1C(=O)N1CCCC1(C)C. The second kappa shape index (κ2) is 6.32. The molecule has 1 aromatic carbocycles. The second-order valence-corrected chi connectivity index (χ2v) is 6.13. The summed E-state index contributed by atoms with van der Waals surface area (Å²) < 4.78 is 0. The van der Waals surface area contributed by atoms with E-state index >= 15 is 0 Å². The van der Waals surface area contributed by atoms with Gasteiger partial charge in [0.25, 0.3) is 5.91 Å². The van der Waals surface area contributed by atoms with Crippen molar-refractivity contribution in [3.63, 3.8) is 0 Å². The number of nitrogens with zero attached hydrogens (tertiary/aromatic N) is 1. The molecule has 0 radical (unpaired) electrons. The van der Waals surface area contributed by atoms with Crippen molar-refractivity contribution in [3.05, 3.63) is 34.9 Å². The average molecular weight is 285 g/mol. The lowest BCUT2D eigenvalue weighted by molar-refractivity contribution is 0.0651. The lowest BCUT2D eigenvalue weighted by Crippen LogP contribution is -2.42. The van der Waals surface area contributed by atoms with Crippen molar-refractivity contribution < 1.29 is 9.90 Å². The lowest BCUT2D eigenvalue weighted by Gasteiger charge is -2.32. The molecule has 1 heterocycles. The Hall–Kier alpha value is -1.79. The molecule has 0 spiro atoms. The van der Waals surface area contributed by atoms with Gasteiger partial charge in [-0.3, -0.25) is 4.79 Å². The van der Waals surface area contributed by atoms with Gasteiger partial charge < -0.3 is 10.0 Å². The summed E-state index contributed by atoms with van der Waals surface area (Å²) in [7, 11) is 0. The summed E-state index contributed by atoms with van der Waals surface area (Å²) >= 11 is 0. The highest BCUT2D eigenvalue weighted by molar-refractivity contribution is 5.96. The minimum Gasteiger partial charge on any atom is -0.395 e. The van der Waals surface area contributed by atoms with Crippen molar-refractivity contribution in [1.29, 1.82) is 0 Å². The second-order valence-electron chi connectivity index (χ2n) is 6.13. The number of aliphatic hydroxyl groups is 1. The van der Waals surface area contributed by atoms with E-state index in [0.717, 1.165) is 36.1 Å². The number of amides is 1. The maximum atomic E-state index is 12.8. The first kappa shape index (κ1) is 15.6. The van der Waals surface area contributed by atoms with Crippen molar-refractivity contribution in [3.8, 4) is 11.8 Å². The summed E-state index contributed by atoms with van der Waals surface area (Å²) in [5.41, 5.74) is 2.46. The van der Waals surface area contributed by atoms with Crippen LogP contribution in [0.2, 0.25) is 0 Å². The van der Waals surface area contributed by atoms with Crippen LogP contribution in [-0.2, 0) is 0 Å². The van der Waals surface area contributed by atoms with Gasteiger partial charge in [0.15, 0.2) is 0 Å². The molecule has 1 aromatic rings. The van der Waals surface area contributed by atoms with E-state index < -0.39 is 0 Å². The Kier molecular flexibility index (Phi) is 4.69. The number of likely N-dealkylation sites (tertiary alicyclic amines) is 1. The Bertz CT molecular complexity index is 593. The molecular weight excluding hydrogens is 262 g/mol. The van der Waals surface area contributed by atoms with Gasteiger partial charge in [-0.1, -0.05) is 17.9 Å². The molecule has 112 valence electrons. The number of hydrogen-bond donors (Lipinski definition) is 1. The van der Waals surface area contributed by atoms with Gasteiger partial charge in [0.05, 0.1) is 6.61 Å². The van der Waals surface area contributed by atoms with Crippen LogP contribution in [0.3, 0.4) is 0 Å². The molecule has 0 aliphatic carbocycles. The predicted octanol–water partition coefficient (Wildman–Crippen LogP) is 2.74. The van der Waals surface area contributed by atoms with Crippen molar-refractivity contribution >= 4 is 5.91 Å². The van der Waals surface area contributed by atoms with Crippen LogP contribution < -0.4 is 0 Å². The third-order valence-electron chi connectivity index (χ3n) is 4.17. The summed E-state index contributed by atoms with van der Waals surface area (Å²) in [6, 6.07) is 5.68. The molecule has 0 atom stereocenters. The van der Waals surface area contributed by atoms with Crippen molar-refractivity contribution in [2.45, 2.75) is 45.6 Å². The van der Waals surface area contributed by atoms with Crippen molar-refractivity contribution in [1.82, 2.24) is 4.90 Å². The summed E-state index contributed by atoms with van der Waals surface area (Å²) in [6.07, 6.45) is 2.57. The maximum Gasteiger partial charge on any atom is 0.254 e. The molecule has 3 nitrogen and oxygen atoms in total. The number of carbonyl (C=O) groups excluding carboxylic acids is 1. The van der Waals surface area contributed by atoms with E-state index in [0.29, 0.717) is 6.42 Å². The minimum absolute atomic E-state index is 0.0621. The van der Waals surface area contributed by atoms with Gasteiger partial charge in [0.2, 0.25) is 0 Å². The van der Waals surface area contributed by atoms with Gasteiger partial charge >= 0.3 is 0 Å². The van der Waals surface area contributed by atoms with Crippen molar-refractivity contribution in [2.75, 3.05) is 13.2 Å². The fourth-order valence-corrected chi connectivity index (χ4v) is 2.85. The molecule has 0 saturated carbocycles. The fraction of sp³-hybridized carbons (Fsp3) is 0.500. The normalized spacial score (nSPS) is 16.5. The molecule has 0 bridgehead atoms. The molecule has 1 amide bonds. The van der Waals surface area contributed by atoms with Gasteiger partial charge in [-0.2, -0.15) is 0 Å². The predicted molar refractivity (Wildman–Crippen MR) is 84.1 cm³/mol. The van der Waals surface area contributed by atoms with Crippen LogP contribution in [0.4, 0.5) is 0 Å². The van der Waals surface area contributed by atoms with E-state index in [1.807, 2.05) is 30.0 Å². The first-order valence-electron chi connectivity index (χ1n) is 7.48. The smallest absolute Gasteiger partial charge is 0.254 e. The molecule has 0 aromatic heterocycles. The third kappa shape index (κ3) is 3.28. The third-order valence-corrected chi connectivity index (χ3v) is 4.17. The average Bonchev–Trinajstić information content (AvgIpc) is 2.80. The molecule has 2 rings (SSSR count). The highest BCUT2D eigenvalue weighted by Gasteiger charge is 2.36. The molecule has 3 heteroatoms. The van der Waals surface area contributed by atoms with Crippen LogP contribution in [0, 0.1) is 18.8 Å². The molecule has 1 saturated heterocycles. The van der Waals surface area contributed by atoms with Crippen LogP contribution in [0.1, 0.15) is 54.6 Å². The van der Waals surface area contributed by atoms with Crippen LogP contribution in [0.5, 0.6) is 0 Å². The van der Waals surface area contributed by atoms with E-state index in [4.69, 9.17) is 5.11 Å². The quantitative estimate of drug-likeness (QED) is 0.849. The molecule has 0 unspecified atom stereocenters. The van der Waals surface area contributed by atoms with E-state index in [2.05, 4.69) is 25.7 Å². The number of rotatable bonds is 2. The molecule has 1 fully saturated rings. The highest BCUT2D eigenvalue weighted by Crippen LogP contribution is 2.30. The molecule has 21 heavy (non-hydrogen) atoms. The van der Waals surface area contributed by atoms with Gasteiger partial charge in [-0.25, -0.2) is 0 Å². The topological polar surface area (TPSA) is 40.5 Å². The first-order chi connectivity index (χ1) is 9.97. The van der Waals surface area contributed by atoms with Gasteiger partial charge in [0, 0.05) is 29.6 Å². The monoisotopic (exact) mass is 285 g/mol. The number of hydrogen-bond acceptors (Lipinski definition) is 2. The standard InChI is InChI=1S/C18H23NO2/c1-14-15(8-4-5-13-20)9-6-10-16(14)17(21)19-12-7-11-18(19,2)3/h6,9-10,20H,5,7,11-13H2,1-3H3. The molecule has 1 aliphatic heterocycles. The van der Waals surface area contributed by atoms with E-state index in [1.54, 1.807) is 0 Å². The largest absolute Gasteiger partial charge is 0.395 e. The summed E-state index contributed by atoms with van der Waals surface area (Å²) in [4.78, 5) is 14.8. The molecule has 1 N–H and O–H groups in total. The Morgan fingerprint density at radius 3 is 2.81 bits per heavy atom. The van der Waals surface area contributed by atoms with Crippen LogP contribution >= 0.6 is 0 Å².